The van der Waals surface area contributed by atoms with Crippen molar-refractivity contribution in [3.8, 4) is 11.5 Å². The van der Waals surface area contributed by atoms with Crippen molar-refractivity contribution < 1.29 is 19.0 Å². The number of methoxy groups -OCH3 is 1. The number of carbonyl (C=O) groups excluding carboxylic acids is 1. The van der Waals surface area contributed by atoms with Crippen LogP contribution in [0.4, 0.5) is 10.1 Å². The van der Waals surface area contributed by atoms with E-state index in [9.17, 15) is 14.3 Å². The number of hydrogen-bond acceptors (Lipinski definition) is 3. The van der Waals surface area contributed by atoms with E-state index in [2.05, 4.69) is 21.2 Å². The van der Waals surface area contributed by atoms with Crippen LogP contribution in [0.15, 0.2) is 40.9 Å². The molecule has 0 aromatic heterocycles. The molecule has 104 valence electrons. The van der Waals surface area contributed by atoms with E-state index < -0.39 is 11.7 Å². The number of amides is 1. The summed E-state index contributed by atoms with van der Waals surface area (Å²) in [4.78, 5) is 12.0. The minimum absolute atomic E-state index is 0.0197. The lowest BCUT2D eigenvalue weighted by molar-refractivity contribution is 0.102. The van der Waals surface area contributed by atoms with E-state index in [0.717, 1.165) is 0 Å². The van der Waals surface area contributed by atoms with Gasteiger partial charge in [-0.1, -0.05) is 15.9 Å². The zero-order valence-corrected chi connectivity index (χ0v) is 12.1. The second-order valence-corrected chi connectivity index (χ2v) is 4.88. The van der Waals surface area contributed by atoms with Gasteiger partial charge in [0.2, 0.25) is 0 Å². The quantitative estimate of drug-likeness (QED) is 0.898. The van der Waals surface area contributed by atoms with Gasteiger partial charge in [-0.05, 0) is 30.3 Å². The van der Waals surface area contributed by atoms with Crippen LogP contribution in [0.3, 0.4) is 0 Å². The van der Waals surface area contributed by atoms with Gasteiger partial charge in [0.05, 0.1) is 18.4 Å². The molecule has 0 bridgehead atoms. The molecule has 0 fully saturated rings. The van der Waals surface area contributed by atoms with Crippen LogP contribution < -0.4 is 10.1 Å². The second kappa shape index (κ2) is 5.92. The maximum Gasteiger partial charge on any atom is 0.259 e. The number of halogens is 2. The summed E-state index contributed by atoms with van der Waals surface area (Å²) in [6.07, 6.45) is 0. The molecule has 20 heavy (non-hydrogen) atoms. The first-order valence-corrected chi connectivity index (χ1v) is 6.44. The maximum absolute atomic E-state index is 13.6. The molecule has 2 N–H and O–H groups in total. The van der Waals surface area contributed by atoms with Gasteiger partial charge in [0.1, 0.15) is 17.3 Å². The number of benzene rings is 2. The Morgan fingerprint density at radius 3 is 2.75 bits per heavy atom. The standard InChI is InChI=1S/C14H11BrFNO3/c1-20-9-3-4-11(16)12(7-9)17-14(19)10-6-8(15)2-5-13(10)18/h2-7,18H,1H3,(H,17,19). The highest BCUT2D eigenvalue weighted by Crippen LogP contribution is 2.25. The Balaban J connectivity index is 2.30. The van der Waals surface area contributed by atoms with Crippen molar-refractivity contribution in [2.24, 2.45) is 0 Å². The van der Waals surface area contributed by atoms with Crippen molar-refractivity contribution in [3.63, 3.8) is 0 Å². The van der Waals surface area contributed by atoms with E-state index in [0.29, 0.717) is 10.2 Å². The summed E-state index contributed by atoms with van der Waals surface area (Å²) in [5, 5.41) is 12.0. The van der Waals surface area contributed by atoms with Gasteiger partial charge in [0, 0.05) is 10.5 Å². The molecule has 0 aliphatic rings. The lowest BCUT2D eigenvalue weighted by Crippen LogP contribution is -2.13. The minimum Gasteiger partial charge on any atom is -0.507 e. The topological polar surface area (TPSA) is 58.6 Å². The number of aromatic hydroxyl groups is 1. The molecule has 2 aromatic rings. The van der Waals surface area contributed by atoms with Gasteiger partial charge in [-0.15, -0.1) is 0 Å². The fourth-order valence-electron chi connectivity index (χ4n) is 1.61. The first-order valence-electron chi connectivity index (χ1n) is 5.64. The van der Waals surface area contributed by atoms with Crippen LogP contribution in [-0.4, -0.2) is 18.1 Å². The van der Waals surface area contributed by atoms with Gasteiger partial charge in [-0.25, -0.2) is 4.39 Å². The SMILES string of the molecule is COc1ccc(F)c(NC(=O)c2cc(Br)ccc2O)c1. The number of phenolic OH excluding ortho intramolecular Hbond substituents is 1. The number of carbonyl (C=O) groups is 1. The molecule has 0 aliphatic heterocycles. The molecule has 4 nitrogen and oxygen atoms in total. The fourth-order valence-corrected chi connectivity index (χ4v) is 1.97. The van der Waals surface area contributed by atoms with E-state index >= 15 is 0 Å². The largest absolute Gasteiger partial charge is 0.507 e. The summed E-state index contributed by atoms with van der Waals surface area (Å²) in [7, 11) is 1.44. The summed E-state index contributed by atoms with van der Waals surface area (Å²) >= 11 is 3.20. The molecule has 2 rings (SSSR count). The number of nitrogens with one attached hydrogen (secondary N) is 1. The van der Waals surface area contributed by atoms with Crippen molar-refractivity contribution in [1.29, 1.82) is 0 Å². The van der Waals surface area contributed by atoms with Crippen LogP contribution in [0.2, 0.25) is 0 Å². The molecular weight excluding hydrogens is 329 g/mol. The number of ether oxygens (including phenoxy) is 1. The monoisotopic (exact) mass is 339 g/mol. The Bertz CT molecular complexity index is 661. The summed E-state index contributed by atoms with van der Waals surface area (Å²) in [5.74, 6) is -0.973. The van der Waals surface area contributed by atoms with Gasteiger partial charge in [-0.2, -0.15) is 0 Å². The molecule has 6 heteroatoms. The van der Waals surface area contributed by atoms with Crippen molar-refractivity contribution in [2.45, 2.75) is 0 Å². The molecule has 1 amide bonds. The molecule has 2 aromatic carbocycles. The lowest BCUT2D eigenvalue weighted by atomic mass is 10.2. The van der Waals surface area contributed by atoms with Crippen molar-refractivity contribution in [2.75, 3.05) is 12.4 Å². The molecule has 0 radical (unpaired) electrons. The van der Waals surface area contributed by atoms with Crippen molar-refractivity contribution in [1.82, 2.24) is 0 Å². The van der Waals surface area contributed by atoms with Gasteiger partial charge in [0.25, 0.3) is 5.91 Å². The molecule has 0 heterocycles. The fraction of sp³-hybridized carbons (Fsp3) is 0.0714. The van der Waals surface area contributed by atoms with E-state index in [-0.39, 0.29) is 17.0 Å². The van der Waals surface area contributed by atoms with E-state index in [1.54, 1.807) is 6.07 Å². The Kier molecular flexibility index (Phi) is 4.24. The van der Waals surface area contributed by atoms with E-state index in [1.165, 1.54) is 37.4 Å². The van der Waals surface area contributed by atoms with Gasteiger partial charge in [-0.3, -0.25) is 4.79 Å². The van der Waals surface area contributed by atoms with Gasteiger partial charge in [0.15, 0.2) is 0 Å². The summed E-state index contributed by atoms with van der Waals surface area (Å²) < 4.78 is 19.2. The smallest absolute Gasteiger partial charge is 0.259 e. The van der Waals surface area contributed by atoms with Crippen molar-refractivity contribution in [3.05, 3.63) is 52.3 Å². The van der Waals surface area contributed by atoms with Gasteiger partial charge < -0.3 is 15.2 Å². The van der Waals surface area contributed by atoms with Crippen LogP contribution in [0.5, 0.6) is 11.5 Å². The Morgan fingerprint density at radius 1 is 1.30 bits per heavy atom. The molecule has 0 unspecified atom stereocenters. The maximum atomic E-state index is 13.6. The Labute approximate surface area is 123 Å². The van der Waals surface area contributed by atoms with Crippen LogP contribution in [0, 0.1) is 5.82 Å². The first-order chi connectivity index (χ1) is 9.51. The van der Waals surface area contributed by atoms with Crippen molar-refractivity contribution >= 4 is 27.5 Å². The summed E-state index contributed by atoms with van der Waals surface area (Å²) in [6.45, 7) is 0. The van der Waals surface area contributed by atoms with Crippen LogP contribution in [0.1, 0.15) is 10.4 Å². The van der Waals surface area contributed by atoms with Crippen LogP contribution >= 0.6 is 15.9 Å². The molecular formula is C14H11BrFNO3. The molecule has 0 saturated carbocycles. The predicted octanol–water partition coefficient (Wildman–Crippen LogP) is 3.55. The molecule has 0 aliphatic carbocycles. The van der Waals surface area contributed by atoms with Crippen LogP contribution in [0.25, 0.3) is 0 Å². The third kappa shape index (κ3) is 3.08. The van der Waals surface area contributed by atoms with Crippen LogP contribution in [-0.2, 0) is 0 Å². The Morgan fingerprint density at radius 2 is 2.05 bits per heavy atom. The third-order valence-corrected chi connectivity index (χ3v) is 3.12. The molecule has 0 spiro atoms. The third-order valence-electron chi connectivity index (χ3n) is 2.62. The predicted molar refractivity (Wildman–Crippen MR) is 76.7 cm³/mol. The second-order valence-electron chi connectivity index (χ2n) is 3.96. The molecule has 0 atom stereocenters. The lowest BCUT2D eigenvalue weighted by Gasteiger charge is -2.09. The Hall–Kier alpha value is -2.08. The zero-order valence-electron chi connectivity index (χ0n) is 10.5. The number of phenols is 1. The number of hydrogen-bond donors (Lipinski definition) is 2. The minimum atomic E-state index is -0.615. The molecule has 0 saturated heterocycles. The zero-order chi connectivity index (χ0) is 14.7. The van der Waals surface area contributed by atoms with E-state index in [1.807, 2.05) is 0 Å². The highest BCUT2D eigenvalue weighted by Gasteiger charge is 2.14. The highest BCUT2D eigenvalue weighted by atomic mass is 79.9. The summed E-state index contributed by atoms with van der Waals surface area (Å²) in [5.41, 5.74) is 0.0234. The number of anilines is 1. The highest BCUT2D eigenvalue weighted by molar-refractivity contribution is 9.10. The van der Waals surface area contributed by atoms with Gasteiger partial charge >= 0.3 is 0 Å². The summed E-state index contributed by atoms with van der Waals surface area (Å²) in [6, 6.07) is 8.42. The normalized spacial score (nSPS) is 10.2. The first kappa shape index (κ1) is 14.3. The average Bonchev–Trinajstić information content (AvgIpc) is 2.43. The number of rotatable bonds is 3. The van der Waals surface area contributed by atoms with E-state index in [4.69, 9.17) is 4.74 Å². The average molecular weight is 340 g/mol.